The maximum absolute atomic E-state index is 11.7. The summed E-state index contributed by atoms with van der Waals surface area (Å²) in [5.41, 5.74) is 1.69. The number of rotatable bonds is 10. The van der Waals surface area contributed by atoms with Crippen molar-refractivity contribution in [3.8, 4) is 0 Å². The third-order valence-corrected chi connectivity index (χ3v) is 4.46. The van der Waals surface area contributed by atoms with E-state index >= 15 is 0 Å². The number of aromatic nitrogens is 1. The lowest BCUT2D eigenvalue weighted by Crippen LogP contribution is -2.44. The van der Waals surface area contributed by atoms with Gasteiger partial charge in [0.2, 0.25) is 0 Å². The number of nitrogens with one attached hydrogen (secondary N) is 2. The Kier molecular flexibility index (Phi) is 8.70. The quantitative estimate of drug-likeness (QED) is 0.511. The summed E-state index contributed by atoms with van der Waals surface area (Å²) in [5, 5.41) is 14.9. The lowest BCUT2D eigenvalue weighted by atomic mass is 10.1. The van der Waals surface area contributed by atoms with Crippen molar-refractivity contribution >= 4 is 17.9 Å². The molecule has 1 unspecified atom stereocenters. The van der Waals surface area contributed by atoms with Crippen molar-refractivity contribution in [3.05, 3.63) is 23.4 Å². The van der Waals surface area contributed by atoms with Crippen LogP contribution in [0.25, 0.3) is 0 Å². The number of carbonyl (C=O) groups is 2. The molecular weight excluding hydrogens is 374 g/mol. The van der Waals surface area contributed by atoms with Crippen LogP contribution in [0.2, 0.25) is 0 Å². The number of aryl methyl sites for hydroxylation is 2. The minimum atomic E-state index is -1.11. The third-order valence-electron chi connectivity index (χ3n) is 4.46. The number of anilines is 1. The lowest BCUT2D eigenvalue weighted by molar-refractivity contribution is -0.140. The van der Waals surface area contributed by atoms with E-state index in [1.165, 1.54) is 5.56 Å². The lowest BCUT2D eigenvalue weighted by Gasteiger charge is -2.22. The monoisotopic (exact) mass is 407 g/mol. The van der Waals surface area contributed by atoms with Gasteiger partial charge in [-0.1, -0.05) is 6.07 Å². The van der Waals surface area contributed by atoms with Crippen molar-refractivity contribution in [2.75, 3.05) is 25.1 Å². The van der Waals surface area contributed by atoms with Crippen LogP contribution in [0, 0.1) is 0 Å². The van der Waals surface area contributed by atoms with Crippen LogP contribution in [0.1, 0.15) is 57.7 Å². The summed E-state index contributed by atoms with van der Waals surface area (Å²) < 4.78 is 10.6. The predicted molar refractivity (Wildman–Crippen MR) is 110 cm³/mol. The Labute approximate surface area is 172 Å². The van der Waals surface area contributed by atoms with Crippen LogP contribution in [-0.4, -0.2) is 53.6 Å². The molecule has 1 amide bonds. The van der Waals surface area contributed by atoms with Gasteiger partial charge in [0.25, 0.3) is 0 Å². The molecule has 1 aliphatic heterocycles. The highest BCUT2D eigenvalue weighted by Crippen LogP contribution is 2.20. The van der Waals surface area contributed by atoms with Crippen LogP contribution in [-0.2, 0) is 27.1 Å². The van der Waals surface area contributed by atoms with Gasteiger partial charge < -0.3 is 25.2 Å². The van der Waals surface area contributed by atoms with E-state index in [0.29, 0.717) is 6.61 Å². The first kappa shape index (κ1) is 22.9. The van der Waals surface area contributed by atoms with Gasteiger partial charge in [-0.05, 0) is 64.5 Å². The van der Waals surface area contributed by atoms with E-state index in [1.54, 1.807) is 20.8 Å². The standard InChI is InChI=1S/C21H33N3O5/c1-21(2,3)29-20(27)24-17(19(25)26)11-14-28-13-5-4-8-16-10-9-15-7-6-12-22-18(15)23-16/h9-10,17H,4-8,11-14H2,1-3H3,(H,22,23)(H,24,27)(H,25,26). The number of hydrogen-bond donors (Lipinski definition) is 3. The Morgan fingerprint density at radius 2 is 2.07 bits per heavy atom. The Morgan fingerprint density at radius 1 is 1.28 bits per heavy atom. The molecule has 29 heavy (non-hydrogen) atoms. The van der Waals surface area contributed by atoms with Crippen LogP contribution in [0.3, 0.4) is 0 Å². The van der Waals surface area contributed by atoms with E-state index < -0.39 is 23.7 Å². The fourth-order valence-electron chi connectivity index (χ4n) is 3.03. The Bertz CT molecular complexity index is 687. The van der Waals surface area contributed by atoms with Crippen molar-refractivity contribution in [2.24, 2.45) is 0 Å². The van der Waals surface area contributed by atoms with E-state index in [4.69, 9.17) is 9.47 Å². The first-order chi connectivity index (χ1) is 13.7. The van der Waals surface area contributed by atoms with Gasteiger partial charge in [0.05, 0.1) is 0 Å². The van der Waals surface area contributed by atoms with Gasteiger partial charge in [-0.25, -0.2) is 14.6 Å². The first-order valence-electron chi connectivity index (χ1n) is 10.3. The van der Waals surface area contributed by atoms with Crippen molar-refractivity contribution in [2.45, 2.75) is 70.9 Å². The van der Waals surface area contributed by atoms with Gasteiger partial charge in [0.1, 0.15) is 17.5 Å². The topological polar surface area (TPSA) is 110 Å². The molecular formula is C21H33N3O5. The zero-order valence-electron chi connectivity index (χ0n) is 17.6. The molecule has 8 heteroatoms. The largest absolute Gasteiger partial charge is 0.480 e. The highest BCUT2D eigenvalue weighted by Gasteiger charge is 2.23. The number of carbonyl (C=O) groups excluding carboxylic acids is 1. The third kappa shape index (κ3) is 8.68. The zero-order chi connectivity index (χ0) is 21.3. The number of alkyl carbamates (subject to hydrolysis) is 1. The number of carboxylic acids is 1. The highest BCUT2D eigenvalue weighted by molar-refractivity contribution is 5.79. The number of hydrogen-bond acceptors (Lipinski definition) is 6. The Hall–Kier alpha value is -2.35. The molecule has 0 radical (unpaired) electrons. The van der Waals surface area contributed by atoms with E-state index in [9.17, 15) is 14.7 Å². The van der Waals surface area contributed by atoms with E-state index in [0.717, 1.165) is 50.2 Å². The van der Waals surface area contributed by atoms with Crippen LogP contribution < -0.4 is 10.6 Å². The summed E-state index contributed by atoms with van der Waals surface area (Å²) in [6, 6.07) is 3.22. The van der Waals surface area contributed by atoms with Crippen LogP contribution in [0.5, 0.6) is 0 Å². The second-order valence-electron chi connectivity index (χ2n) is 8.24. The fourth-order valence-corrected chi connectivity index (χ4v) is 3.03. The Morgan fingerprint density at radius 3 is 2.79 bits per heavy atom. The summed E-state index contributed by atoms with van der Waals surface area (Å²) >= 11 is 0. The molecule has 0 saturated carbocycles. The number of ether oxygens (including phenoxy) is 2. The van der Waals surface area contributed by atoms with Gasteiger partial charge in [-0.3, -0.25) is 0 Å². The molecule has 162 valence electrons. The van der Waals surface area contributed by atoms with Crippen LogP contribution in [0.4, 0.5) is 10.6 Å². The number of fused-ring (bicyclic) bond motifs is 1. The second-order valence-corrected chi connectivity index (χ2v) is 8.24. The molecule has 0 spiro atoms. The first-order valence-corrected chi connectivity index (χ1v) is 10.3. The molecule has 1 aliphatic rings. The molecule has 0 saturated heterocycles. The smallest absolute Gasteiger partial charge is 0.408 e. The van der Waals surface area contributed by atoms with Crippen LogP contribution >= 0.6 is 0 Å². The number of nitrogens with zero attached hydrogens (tertiary/aromatic N) is 1. The zero-order valence-corrected chi connectivity index (χ0v) is 17.6. The predicted octanol–water partition coefficient (Wildman–Crippen LogP) is 3.15. The molecule has 1 aromatic heterocycles. The number of unbranched alkanes of at least 4 members (excludes halogenated alkanes) is 1. The van der Waals surface area contributed by atoms with Gasteiger partial charge in [-0.15, -0.1) is 0 Å². The molecule has 3 N–H and O–H groups in total. The molecule has 0 aliphatic carbocycles. The normalized spacial score (nSPS) is 14.4. The summed E-state index contributed by atoms with van der Waals surface area (Å²) in [6.07, 6.45) is 4.39. The number of carboxylic acid groups (broad SMARTS) is 1. The van der Waals surface area contributed by atoms with Gasteiger partial charge >= 0.3 is 12.1 Å². The molecule has 0 aromatic carbocycles. The van der Waals surface area contributed by atoms with Crippen molar-refractivity contribution in [3.63, 3.8) is 0 Å². The van der Waals surface area contributed by atoms with Gasteiger partial charge in [0, 0.05) is 31.9 Å². The molecule has 1 aromatic rings. The number of aliphatic carboxylic acids is 1. The maximum atomic E-state index is 11.7. The van der Waals surface area contributed by atoms with E-state index in [1.807, 2.05) is 0 Å². The molecule has 1 atom stereocenters. The van der Waals surface area contributed by atoms with E-state index in [-0.39, 0.29) is 13.0 Å². The fraction of sp³-hybridized carbons (Fsp3) is 0.667. The second kappa shape index (κ2) is 11.0. The number of amides is 1. The highest BCUT2D eigenvalue weighted by atomic mass is 16.6. The van der Waals surface area contributed by atoms with Crippen molar-refractivity contribution < 1.29 is 24.2 Å². The molecule has 2 heterocycles. The minimum absolute atomic E-state index is 0.187. The molecule has 2 rings (SSSR count). The SMILES string of the molecule is CC(C)(C)OC(=O)NC(CCOCCCCc1ccc2c(n1)NCCC2)C(=O)O. The van der Waals surface area contributed by atoms with Gasteiger partial charge in [-0.2, -0.15) is 0 Å². The number of pyridine rings is 1. The summed E-state index contributed by atoms with van der Waals surface area (Å²) in [6.45, 7) is 6.96. The summed E-state index contributed by atoms with van der Waals surface area (Å²) in [4.78, 5) is 27.7. The summed E-state index contributed by atoms with van der Waals surface area (Å²) in [5.74, 6) is -0.0891. The van der Waals surface area contributed by atoms with E-state index in [2.05, 4.69) is 27.8 Å². The Balaban J connectivity index is 1.60. The average molecular weight is 408 g/mol. The molecule has 0 fully saturated rings. The van der Waals surface area contributed by atoms with Crippen molar-refractivity contribution in [1.82, 2.24) is 10.3 Å². The maximum Gasteiger partial charge on any atom is 0.408 e. The van der Waals surface area contributed by atoms with Crippen molar-refractivity contribution in [1.29, 1.82) is 0 Å². The van der Waals surface area contributed by atoms with Gasteiger partial charge in [0.15, 0.2) is 0 Å². The summed E-state index contributed by atoms with van der Waals surface area (Å²) in [7, 11) is 0. The minimum Gasteiger partial charge on any atom is -0.480 e. The average Bonchev–Trinajstić information content (AvgIpc) is 2.64. The van der Waals surface area contributed by atoms with Crippen LogP contribution in [0.15, 0.2) is 12.1 Å². The molecule has 8 nitrogen and oxygen atoms in total. The molecule has 0 bridgehead atoms.